The molecule has 4 rings (SSSR count). The molecular weight excluding hydrogens is 352 g/mol. The molecule has 1 saturated heterocycles. The molecule has 0 amide bonds. The van der Waals surface area contributed by atoms with Crippen molar-refractivity contribution in [2.75, 3.05) is 19.7 Å². The van der Waals surface area contributed by atoms with Crippen molar-refractivity contribution in [3.05, 3.63) is 52.0 Å². The number of thiophene rings is 1. The smallest absolute Gasteiger partial charge is 0.0615 e. The normalized spacial score (nSPS) is 25.6. The molecule has 0 spiro atoms. The van der Waals surface area contributed by atoms with Crippen molar-refractivity contribution < 1.29 is 4.74 Å². The Bertz CT molecular complexity index is 738. The van der Waals surface area contributed by atoms with E-state index >= 15 is 0 Å². The molecule has 1 saturated carbocycles. The predicted molar refractivity (Wildman–Crippen MR) is 112 cm³/mol. The molecule has 2 atom stereocenters. The summed E-state index contributed by atoms with van der Waals surface area (Å²) < 4.78 is 6.17. The lowest BCUT2D eigenvalue weighted by molar-refractivity contribution is -0.0267. The van der Waals surface area contributed by atoms with Crippen LogP contribution in [-0.4, -0.2) is 35.7 Å². The Morgan fingerprint density at radius 3 is 2.74 bits per heavy atom. The van der Waals surface area contributed by atoms with Gasteiger partial charge in [-0.1, -0.05) is 12.1 Å². The summed E-state index contributed by atoms with van der Waals surface area (Å²) in [5, 5.41) is 2.19. The van der Waals surface area contributed by atoms with E-state index in [1.54, 1.807) is 0 Å². The van der Waals surface area contributed by atoms with Gasteiger partial charge in [-0.2, -0.15) is 0 Å². The van der Waals surface area contributed by atoms with Crippen LogP contribution in [0.3, 0.4) is 0 Å². The summed E-state index contributed by atoms with van der Waals surface area (Å²) in [6, 6.07) is 8.91. The molecule has 146 valence electrons. The van der Waals surface area contributed by atoms with Gasteiger partial charge in [-0.15, -0.1) is 11.3 Å². The molecule has 0 N–H and O–H groups in total. The summed E-state index contributed by atoms with van der Waals surface area (Å²) in [5.41, 5.74) is 3.00. The molecular formula is C23H32N2OS. The van der Waals surface area contributed by atoms with Gasteiger partial charge in [-0.3, -0.25) is 9.88 Å². The minimum Gasteiger partial charge on any atom is -0.378 e. The van der Waals surface area contributed by atoms with Gasteiger partial charge < -0.3 is 4.74 Å². The van der Waals surface area contributed by atoms with Crippen molar-refractivity contribution in [1.82, 2.24) is 9.88 Å². The molecule has 3 nitrogen and oxygen atoms in total. The highest BCUT2D eigenvalue weighted by Gasteiger charge is 2.55. The summed E-state index contributed by atoms with van der Waals surface area (Å²) in [6.07, 6.45) is 8.57. The molecule has 1 aliphatic carbocycles. The number of pyridine rings is 1. The van der Waals surface area contributed by atoms with Crippen molar-refractivity contribution in [2.24, 2.45) is 5.41 Å². The SMILES string of the molecule is CCO[C@H](C)[C@]1(CCc2cccs2)CCN(C2(c3ccc(C)nc3)CC2)C1. The average Bonchev–Trinajstić information content (AvgIpc) is 3.11. The van der Waals surface area contributed by atoms with Crippen LogP contribution >= 0.6 is 11.3 Å². The second-order valence-electron chi connectivity index (χ2n) is 8.43. The fourth-order valence-electron chi connectivity index (χ4n) is 4.90. The van der Waals surface area contributed by atoms with E-state index in [0.29, 0.717) is 6.10 Å². The molecule has 4 heteroatoms. The summed E-state index contributed by atoms with van der Waals surface area (Å²) in [4.78, 5) is 8.83. The van der Waals surface area contributed by atoms with Gasteiger partial charge in [0.05, 0.1) is 6.10 Å². The highest BCUT2D eigenvalue weighted by molar-refractivity contribution is 7.09. The Hall–Kier alpha value is -1.23. The highest BCUT2D eigenvalue weighted by atomic mass is 32.1. The first-order valence-electron chi connectivity index (χ1n) is 10.4. The standard InChI is InChI=1S/C23H32N2OS/c1-4-26-19(3)22(10-9-21-6-5-15-27-21)13-14-25(17-22)23(11-12-23)20-8-7-18(2)24-16-20/h5-8,15-16,19H,4,9-14,17H2,1-3H3/t19-,22-/m1/s1. The zero-order chi connectivity index (χ0) is 18.9. The monoisotopic (exact) mass is 384 g/mol. The van der Waals surface area contributed by atoms with Crippen LogP contribution in [-0.2, 0) is 16.7 Å². The second-order valence-corrected chi connectivity index (χ2v) is 9.46. The molecule has 0 bridgehead atoms. The minimum atomic E-state index is 0.233. The zero-order valence-electron chi connectivity index (χ0n) is 16.9. The molecule has 0 unspecified atom stereocenters. The zero-order valence-corrected chi connectivity index (χ0v) is 17.7. The first-order valence-corrected chi connectivity index (χ1v) is 11.3. The van der Waals surface area contributed by atoms with Crippen LogP contribution in [0.25, 0.3) is 0 Å². The molecule has 27 heavy (non-hydrogen) atoms. The van der Waals surface area contributed by atoms with Gasteiger partial charge in [-0.05, 0) is 82.5 Å². The molecule has 0 radical (unpaired) electrons. The van der Waals surface area contributed by atoms with Gasteiger partial charge in [0.25, 0.3) is 0 Å². The Morgan fingerprint density at radius 2 is 2.11 bits per heavy atom. The number of rotatable bonds is 8. The topological polar surface area (TPSA) is 25.4 Å². The highest BCUT2D eigenvalue weighted by Crippen LogP contribution is 2.55. The van der Waals surface area contributed by atoms with Gasteiger partial charge in [0.2, 0.25) is 0 Å². The van der Waals surface area contributed by atoms with Crippen LogP contribution in [0, 0.1) is 12.3 Å². The maximum Gasteiger partial charge on any atom is 0.0615 e. The number of hydrogen-bond acceptors (Lipinski definition) is 4. The van der Waals surface area contributed by atoms with Crippen molar-refractivity contribution in [3.63, 3.8) is 0 Å². The number of ether oxygens (including phenoxy) is 1. The van der Waals surface area contributed by atoms with Crippen molar-refractivity contribution in [1.29, 1.82) is 0 Å². The maximum atomic E-state index is 6.17. The van der Waals surface area contributed by atoms with Crippen molar-refractivity contribution in [3.8, 4) is 0 Å². The van der Waals surface area contributed by atoms with Gasteiger partial charge in [-0.25, -0.2) is 0 Å². The number of likely N-dealkylation sites (tertiary alicyclic amines) is 1. The molecule has 1 aliphatic heterocycles. The summed E-state index contributed by atoms with van der Waals surface area (Å²) >= 11 is 1.88. The van der Waals surface area contributed by atoms with Crippen LogP contribution in [0.2, 0.25) is 0 Å². The summed E-state index contributed by atoms with van der Waals surface area (Å²) in [7, 11) is 0. The fourth-order valence-corrected chi connectivity index (χ4v) is 5.61. The van der Waals surface area contributed by atoms with Crippen LogP contribution in [0.4, 0.5) is 0 Å². The predicted octanol–water partition coefficient (Wildman–Crippen LogP) is 5.19. The largest absolute Gasteiger partial charge is 0.378 e. The van der Waals surface area contributed by atoms with Crippen LogP contribution in [0.1, 0.15) is 55.7 Å². The van der Waals surface area contributed by atoms with Crippen molar-refractivity contribution >= 4 is 11.3 Å². The molecule has 2 aromatic rings. The quantitative estimate of drug-likeness (QED) is 0.626. The lowest BCUT2D eigenvalue weighted by atomic mass is 9.77. The third-order valence-electron chi connectivity index (χ3n) is 6.89. The van der Waals surface area contributed by atoms with Gasteiger partial charge >= 0.3 is 0 Å². The Kier molecular flexibility index (Phi) is 5.41. The van der Waals surface area contributed by atoms with E-state index in [-0.39, 0.29) is 11.0 Å². The molecule has 2 aliphatic rings. The van der Waals surface area contributed by atoms with E-state index in [1.807, 2.05) is 11.3 Å². The van der Waals surface area contributed by atoms with E-state index in [9.17, 15) is 0 Å². The van der Waals surface area contributed by atoms with E-state index in [4.69, 9.17) is 4.74 Å². The van der Waals surface area contributed by atoms with E-state index in [0.717, 1.165) is 18.8 Å². The Morgan fingerprint density at radius 1 is 1.26 bits per heavy atom. The van der Waals surface area contributed by atoms with Gasteiger partial charge in [0.1, 0.15) is 0 Å². The fraction of sp³-hybridized carbons (Fsp3) is 0.609. The number of aryl methyl sites for hydroxylation is 2. The molecule has 2 fully saturated rings. The average molecular weight is 385 g/mol. The van der Waals surface area contributed by atoms with Crippen molar-refractivity contribution in [2.45, 2.75) is 64.5 Å². The molecule has 2 aromatic heterocycles. The number of hydrogen-bond donors (Lipinski definition) is 0. The summed E-state index contributed by atoms with van der Waals surface area (Å²) in [6.45, 7) is 9.61. The van der Waals surface area contributed by atoms with Crippen LogP contribution in [0.15, 0.2) is 35.8 Å². The van der Waals surface area contributed by atoms with Gasteiger partial charge in [0, 0.05) is 40.9 Å². The lowest BCUT2D eigenvalue weighted by Crippen LogP contribution is -2.41. The molecule has 0 aromatic carbocycles. The van der Waals surface area contributed by atoms with E-state index in [1.165, 1.54) is 49.1 Å². The summed E-state index contributed by atoms with van der Waals surface area (Å²) in [5.74, 6) is 0. The van der Waals surface area contributed by atoms with E-state index < -0.39 is 0 Å². The Labute approximate surface area is 167 Å². The van der Waals surface area contributed by atoms with E-state index in [2.05, 4.69) is 66.5 Å². The second kappa shape index (κ2) is 7.65. The lowest BCUT2D eigenvalue weighted by Gasteiger charge is -2.37. The number of nitrogens with zero attached hydrogens (tertiary/aromatic N) is 2. The molecule has 3 heterocycles. The third-order valence-corrected chi connectivity index (χ3v) is 7.83. The maximum absolute atomic E-state index is 6.17. The number of aromatic nitrogens is 1. The third kappa shape index (κ3) is 3.72. The Balaban J connectivity index is 1.52. The first kappa shape index (κ1) is 19.1. The van der Waals surface area contributed by atoms with Gasteiger partial charge in [0.15, 0.2) is 0 Å². The van der Waals surface area contributed by atoms with Crippen LogP contribution < -0.4 is 0 Å². The first-order chi connectivity index (χ1) is 13.1. The minimum absolute atomic E-state index is 0.233. The van der Waals surface area contributed by atoms with Crippen LogP contribution in [0.5, 0.6) is 0 Å².